The Morgan fingerprint density at radius 3 is 2.74 bits per heavy atom. The zero-order chi connectivity index (χ0) is 14.0. The second kappa shape index (κ2) is 5.44. The molecule has 0 aliphatic rings. The summed E-state index contributed by atoms with van der Waals surface area (Å²) < 4.78 is 3.31. The van der Waals surface area contributed by atoms with Crippen molar-refractivity contribution in [3.63, 3.8) is 0 Å². The van der Waals surface area contributed by atoms with E-state index in [-0.39, 0.29) is 12.5 Å². The van der Waals surface area contributed by atoms with Gasteiger partial charge in [-0.2, -0.15) is 10.2 Å². The van der Waals surface area contributed by atoms with Gasteiger partial charge in [0.2, 0.25) is 5.91 Å². The third-order valence-corrected chi connectivity index (χ3v) is 3.38. The average molecular weight is 282 g/mol. The van der Waals surface area contributed by atoms with Crippen molar-refractivity contribution in [3.05, 3.63) is 34.4 Å². The van der Waals surface area contributed by atoms with Crippen molar-refractivity contribution in [2.24, 2.45) is 7.05 Å². The van der Waals surface area contributed by atoms with E-state index < -0.39 is 0 Å². The van der Waals surface area contributed by atoms with Crippen LogP contribution in [-0.2, 0) is 24.9 Å². The lowest BCUT2D eigenvalue weighted by molar-refractivity contribution is -0.122. The van der Waals surface area contributed by atoms with Gasteiger partial charge in [-0.15, -0.1) is 0 Å². The molecule has 0 fully saturated rings. The van der Waals surface area contributed by atoms with Crippen LogP contribution < -0.4 is 5.32 Å². The van der Waals surface area contributed by atoms with E-state index in [0.717, 1.165) is 17.0 Å². The summed E-state index contributed by atoms with van der Waals surface area (Å²) in [7, 11) is 1.87. The van der Waals surface area contributed by atoms with E-state index in [0.29, 0.717) is 11.6 Å². The predicted molar refractivity (Wildman–Crippen MR) is 71.8 cm³/mol. The van der Waals surface area contributed by atoms with Crippen LogP contribution in [0.2, 0.25) is 5.02 Å². The van der Waals surface area contributed by atoms with Crippen LogP contribution in [0.15, 0.2) is 12.4 Å². The highest BCUT2D eigenvalue weighted by molar-refractivity contribution is 6.31. The van der Waals surface area contributed by atoms with Gasteiger partial charge in [0.1, 0.15) is 6.54 Å². The Balaban J connectivity index is 1.90. The van der Waals surface area contributed by atoms with Gasteiger partial charge in [0.05, 0.1) is 16.9 Å². The van der Waals surface area contributed by atoms with Crippen molar-refractivity contribution in [2.75, 3.05) is 0 Å². The number of hydrogen-bond acceptors (Lipinski definition) is 3. The summed E-state index contributed by atoms with van der Waals surface area (Å²) in [6.45, 7) is 4.39. The Labute approximate surface area is 116 Å². The van der Waals surface area contributed by atoms with Crippen LogP contribution in [0.25, 0.3) is 0 Å². The third-order valence-electron chi connectivity index (χ3n) is 3.00. The number of halogens is 1. The molecule has 0 radical (unpaired) electrons. The predicted octanol–water partition coefficient (Wildman–Crippen LogP) is 1.20. The summed E-state index contributed by atoms with van der Waals surface area (Å²) in [5.74, 6) is -0.109. The summed E-state index contributed by atoms with van der Waals surface area (Å²) in [4.78, 5) is 11.8. The molecule has 1 amide bonds. The highest BCUT2D eigenvalue weighted by Crippen LogP contribution is 2.11. The van der Waals surface area contributed by atoms with E-state index in [1.165, 1.54) is 4.68 Å². The molecular weight excluding hydrogens is 266 g/mol. The number of amides is 1. The molecule has 6 nitrogen and oxygen atoms in total. The molecule has 0 saturated heterocycles. The Bertz CT molecular complexity index is 582. The first kappa shape index (κ1) is 13.6. The van der Waals surface area contributed by atoms with Crippen molar-refractivity contribution in [2.45, 2.75) is 26.9 Å². The monoisotopic (exact) mass is 281 g/mol. The molecule has 0 aromatic carbocycles. The zero-order valence-electron chi connectivity index (χ0n) is 11.1. The largest absolute Gasteiger partial charge is 0.350 e. The second-order valence-electron chi connectivity index (χ2n) is 4.42. The summed E-state index contributed by atoms with van der Waals surface area (Å²) in [5.41, 5.74) is 2.77. The van der Waals surface area contributed by atoms with Gasteiger partial charge in [-0.25, -0.2) is 0 Å². The highest BCUT2D eigenvalue weighted by Gasteiger charge is 2.08. The number of carbonyl (C=O) groups is 1. The number of aromatic nitrogens is 4. The van der Waals surface area contributed by atoms with E-state index >= 15 is 0 Å². The van der Waals surface area contributed by atoms with Crippen molar-refractivity contribution >= 4 is 17.5 Å². The molecule has 7 heteroatoms. The summed E-state index contributed by atoms with van der Waals surface area (Å²) in [6.07, 6.45) is 3.40. The molecule has 0 unspecified atom stereocenters. The van der Waals surface area contributed by atoms with Gasteiger partial charge in [0, 0.05) is 31.0 Å². The molecule has 2 heterocycles. The Kier molecular flexibility index (Phi) is 3.90. The quantitative estimate of drug-likeness (QED) is 0.916. The Morgan fingerprint density at radius 2 is 2.21 bits per heavy atom. The maximum Gasteiger partial charge on any atom is 0.242 e. The van der Waals surface area contributed by atoms with E-state index in [1.54, 1.807) is 24.0 Å². The normalized spacial score (nSPS) is 10.7. The number of aryl methyl sites for hydroxylation is 2. The molecule has 0 aliphatic heterocycles. The first-order chi connectivity index (χ1) is 8.97. The average Bonchev–Trinajstić information content (AvgIpc) is 2.82. The second-order valence-corrected chi connectivity index (χ2v) is 4.82. The summed E-state index contributed by atoms with van der Waals surface area (Å²) in [6, 6.07) is 0. The lowest BCUT2D eigenvalue weighted by Crippen LogP contribution is -2.27. The number of rotatable bonds is 4. The third kappa shape index (κ3) is 3.14. The van der Waals surface area contributed by atoms with E-state index in [1.807, 2.05) is 14.0 Å². The van der Waals surface area contributed by atoms with E-state index in [2.05, 4.69) is 15.5 Å². The van der Waals surface area contributed by atoms with Crippen molar-refractivity contribution < 1.29 is 4.79 Å². The Hall–Kier alpha value is -1.82. The Morgan fingerprint density at radius 1 is 1.47 bits per heavy atom. The van der Waals surface area contributed by atoms with Crippen LogP contribution in [0.3, 0.4) is 0 Å². The molecule has 0 bridgehead atoms. The molecule has 0 aliphatic carbocycles. The maximum atomic E-state index is 11.8. The van der Waals surface area contributed by atoms with Gasteiger partial charge in [-0.05, 0) is 13.8 Å². The van der Waals surface area contributed by atoms with Crippen molar-refractivity contribution in [3.8, 4) is 0 Å². The van der Waals surface area contributed by atoms with Gasteiger partial charge in [0.15, 0.2) is 0 Å². The SMILES string of the molecule is Cc1nn(CC(=O)NCc2cnn(C)c2C)cc1Cl. The highest BCUT2D eigenvalue weighted by atomic mass is 35.5. The maximum absolute atomic E-state index is 11.8. The summed E-state index contributed by atoms with van der Waals surface area (Å²) in [5, 5.41) is 11.7. The zero-order valence-corrected chi connectivity index (χ0v) is 11.9. The lowest BCUT2D eigenvalue weighted by atomic mass is 10.2. The van der Waals surface area contributed by atoms with Crippen molar-refractivity contribution in [1.82, 2.24) is 24.9 Å². The number of carbonyl (C=O) groups excluding carboxylic acids is 1. The minimum atomic E-state index is -0.109. The lowest BCUT2D eigenvalue weighted by Gasteiger charge is -2.05. The first-order valence-electron chi connectivity index (χ1n) is 5.91. The van der Waals surface area contributed by atoms with Crippen LogP contribution in [0.4, 0.5) is 0 Å². The van der Waals surface area contributed by atoms with Crippen LogP contribution in [-0.4, -0.2) is 25.5 Å². The van der Waals surface area contributed by atoms with Gasteiger partial charge < -0.3 is 5.32 Å². The number of nitrogens with one attached hydrogen (secondary N) is 1. The minimum absolute atomic E-state index is 0.109. The molecule has 102 valence electrons. The summed E-state index contributed by atoms with van der Waals surface area (Å²) >= 11 is 5.88. The molecule has 2 aromatic rings. The van der Waals surface area contributed by atoms with Crippen LogP contribution in [0.1, 0.15) is 17.0 Å². The fourth-order valence-corrected chi connectivity index (χ4v) is 1.84. The number of nitrogens with zero attached hydrogens (tertiary/aromatic N) is 4. The van der Waals surface area contributed by atoms with Crippen LogP contribution in [0, 0.1) is 13.8 Å². The molecule has 19 heavy (non-hydrogen) atoms. The first-order valence-corrected chi connectivity index (χ1v) is 6.29. The van der Waals surface area contributed by atoms with Gasteiger partial charge in [-0.1, -0.05) is 11.6 Å². The van der Waals surface area contributed by atoms with Crippen LogP contribution >= 0.6 is 11.6 Å². The molecule has 0 spiro atoms. The molecular formula is C12H16ClN5O. The van der Waals surface area contributed by atoms with E-state index in [4.69, 9.17) is 11.6 Å². The van der Waals surface area contributed by atoms with Gasteiger partial charge in [-0.3, -0.25) is 14.2 Å². The molecule has 2 rings (SSSR count). The number of hydrogen-bond donors (Lipinski definition) is 1. The fourth-order valence-electron chi connectivity index (χ4n) is 1.69. The molecule has 0 saturated carbocycles. The van der Waals surface area contributed by atoms with Crippen molar-refractivity contribution in [1.29, 1.82) is 0 Å². The minimum Gasteiger partial charge on any atom is -0.350 e. The molecule has 0 atom stereocenters. The topological polar surface area (TPSA) is 64.7 Å². The smallest absolute Gasteiger partial charge is 0.242 e. The van der Waals surface area contributed by atoms with E-state index in [9.17, 15) is 4.79 Å². The van der Waals surface area contributed by atoms with Gasteiger partial charge in [0.25, 0.3) is 0 Å². The van der Waals surface area contributed by atoms with Gasteiger partial charge >= 0.3 is 0 Å². The molecule has 2 aromatic heterocycles. The molecule has 1 N–H and O–H groups in total. The van der Waals surface area contributed by atoms with Crippen LogP contribution in [0.5, 0.6) is 0 Å². The standard InChI is InChI=1S/C12H16ClN5O/c1-8-11(13)6-18(16-8)7-12(19)14-4-10-5-15-17(3)9(10)2/h5-6H,4,7H2,1-3H3,(H,14,19). The fraction of sp³-hybridized carbons (Fsp3) is 0.417.